The molecule has 124 valence electrons. The summed E-state index contributed by atoms with van der Waals surface area (Å²) < 4.78 is 4.65. The molecule has 1 rings (SSSR count). The number of likely N-dealkylation sites (N-methyl/N-ethyl adjacent to an activating group) is 1. The maximum atomic E-state index is 11.3. The fraction of sp³-hybridized carbons (Fsp3) is 0.364. The van der Waals surface area contributed by atoms with Crippen molar-refractivity contribution >= 4 is 75.9 Å². The average Bonchev–Trinajstić information content (AvgIpc) is 2.59. The molecule has 0 heterocycles. The van der Waals surface area contributed by atoms with Gasteiger partial charge < -0.3 is 15.2 Å². The first-order valence-electron chi connectivity index (χ1n) is 5.30. The largest absolute Gasteiger partial charge is 0.508 e. The number of phenols is 1. The van der Waals surface area contributed by atoms with Crippen molar-refractivity contribution in [1.29, 1.82) is 0 Å². The van der Waals surface area contributed by atoms with Crippen LogP contribution in [0.15, 0.2) is 24.3 Å². The summed E-state index contributed by atoms with van der Waals surface area (Å²) in [4.78, 5) is 11.3. The lowest BCUT2D eigenvalue weighted by Crippen LogP contribution is -2.36. The van der Waals surface area contributed by atoms with Gasteiger partial charge in [0.15, 0.2) is 0 Å². The van der Waals surface area contributed by atoms with Gasteiger partial charge >= 0.3 is 5.97 Å². The highest BCUT2D eigenvalue weighted by Crippen LogP contribution is 2.11. The minimum atomic E-state index is -0.348. The van der Waals surface area contributed by atoms with Crippen molar-refractivity contribution in [1.82, 2.24) is 5.32 Å². The van der Waals surface area contributed by atoms with Crippen molar-refractivity contribution in [3.63, 3.8) is 0 Å². The number of carbonyl (C=O) groups excluding carboxylic acids is 1. The molecule has 1 unspecified atom stereocenters. The summed E-state index contributed by atoms with van der Waals surface area (Å²) in [5.41, 5.74) is 0.970. The molecule has 0 bridgehead atoms. The molecular formula is C11H21NO3S6. The van der Waals surface area contributed by atoms with Crippen LogP contribution in [0.5, 0.6) is 5.75 Å². The molecule has 0 aliphatic rings. The van der Waals surface area contributed by atoms with Gasteiger partial charge in [-0.3, -0.25) is 4.79 Å². The third-order valence-corrected chi connectivity index (χ3v) is 2.21. The number of phenolic OH excluding ortho intramolecular Hbond substituents is 1. The summed E-state index contributed by atoms with van der Waals surface area (Å²) in [6.07, 6.45) is 0.545. The van der Waals surface area contributed by atoms with Crippen molar-refractivity contribution in [3.8, 4) is 5.75 Å². The third kappa shape index (κ3) is 13.9. The summed E-state index contributed by atoms with van der Waals surface area (Å²) in [5.74, 6) is -0.0663. The molecule has 1 aromatic carbocycles. The number of rotatable bonds is 4. The van der Waals surface area contributed by atoms with Crippen LogP contribution in [-0.4, -0.2) is 31.3 Å². The summed E-state index contributed by atoms with van der Waals surface area (Å²) in [6.45, 7) is 0. The molecule has 0 amide bonds. The predicted octanol–water partition coefficient (Wildman–Crippen LogP) is 2.98. The number of hydrogen-bond acceptors (Lipinski definition) is 10. The molecule has 2 N–H and O–H groups in total. The van der Waals surface area contributed by atoms with E-state index in [0.29, 0.717) is 6.42 Å². The molecule has 21 heavy (non-hydrogen) atoms. The summed E-state index contributed by atoms with van der Waals surface area (Å²) >= 11 is 19.3. The minimum absolute atomic E-state index is 0.220. The van der Waals surface area contributed by atoms with Gasteiger partial charge in [-0.2, -0.15) is 0 Å². The lowest BCUT2D eigenvalue weighted by Gasteiger charge is -2.13. The Balaban J connectivity index is -0.000000478. The van der Waals surface area contributed by atoms with Crippen LogP contribution in [0.2, 0.25) is 0 Å². The lowest BCUT2D eigenvalue weighted by molar-refractivity contribution is -0.142. The molecule has 0 saturated heterocycles. The number of hydrogen-bond donors (Lipinski definition) is 8. The van der Waals surface area contributed by atoms with E-state index < -0.39 is 0 Å². The molecule has 0 radical (unpaired) electrons. The van der Waals surface area contributed by atoms with E-state index in [0.717, 1.165) is 5.56 Å². The molecule has 0 saturated carbocycles. The lowest BCUT2D eigenvalue weighted by atomic mass is 10.1. The molecule has 0 aromatic heterocycles. The van der Waals surface area contributed by atoms with E-state index in [2.05, 4.69) is 80.0 Å². The number of nitrogens with one attached hydrogen (secondary N) is 1. The second kappa shape index (κ2) is 20.6. The number of esters is 1. The molecule has 1 atom stereocenters. The molecule has 0 fully saturated rings. The van der Waals surface area contributed by atoms with Crippen LogP contribution in [0.25, 0.3) is 0 Å². The Bertz CT molecular complexity index is 339. The van der Waals surface area contributed by atoms with Gasteiger partial charge in [0.25, 0.3) is 0 Å². The molecule has 1 aromatic rings. The van der Waals surface area contributed by atoms with E-state index in [9.17, 15) is 4.79 Å². The highest BCUT2D eigenvalue weighted by molar-refractivity contribution is 8.60. The highest BCUT2D eigenvalue weighted by Gasteiger charge is 2.16. The van der Waals surface area contributed by atoms with Gasteiger partial charge in [0.1, 0.15) is 11.8 Å². The topological polar surface area (TPSA) is 58.6 Å². The van der Waals surface area contributed by atoms with Crippen molar-refractivity contribution in [2.24, 2.45) is 0 Å². The van der Waals surface area contributed by atoms with Gasteiger partial charge in [0, 0.05) is 0 Å². The minimum Gasteiger partial charge on any atom is -0.508 e. The number of aromatic hydroxyl groups is 1. The monoisotopic (exact) mass is 407 g/mol. The Hall–Kier alpha value is 0.550. The van der Waals surface area contributed by atoms with Crippen molar-refractivity contribution < 1.29 is 14.6 Å². The fourth-order valence-corrected chi connectivity index (χ4v) is 1.31. The standard InChI is InChI=1S/C11H15NO3.3H2S2/c1-12-10(11(14)15-2)7-8-3-5-9(13)6-4-8;3*1-2/h3-6,10,12-13H,7H2,1-2H3;3*1-2H. The van der Waals surface area contributed by atoms with Crippen LogP contribution < -0.4 is 5.32 Å². The van der Waals surface area contributed by atoms with Crippen LogP contribution in [0.4, 0.5) is 0 Å². The smallest absolute Gasteiger partial charge is 0.323 e. The Kier molecular flexibility index (Phi) is 25.9. The SMILES string of the molecule is CNC(Cc1ccc(O)cc1)C(=O)OC.SS.SS.SS. The Labute approximate surface area is 157 Å². The summed E-state index contributed by atoms with van der Waals surface area (Å²) in [6, 6.07) is 6.41. The van der Waals surface area contributed by atoms with E-state index >= 15 is 0 Å². The van der Waals surface area contributed by atoms with E-state index in [4.69, 9.17) is 5.11 Å². The molecule has 4 nitrogen and oxygen atoms in total. The Morgan fingerprint density at radius 2 is 1.57 bits per heavy atom. The van der Waals surface area contributed by atoms with Gasteiger partial charge in [-0.15, -0.1) is 70.0 Å². The van der Waals surface area contributed by atoms with Gasteiger partial charge in [0.2, 0.25) is 0 Å². The van der Waals surface area contributed by atoms with Crippen LogP contribution in [0.1, 0.15) is 5.56 Å². The molecule has 0 aliphatic carbocycles. The third-order valence-electron chi connectivity index (χ3n) is 2.21. The zero-order chi connectivity index (χ0) is 17.3. The zero-order valence-electron chi connectivity index (χ0n) is 11.5. The summed E-state index contributed by atoms with van der Waals surface area (Å²) in [7, 11) is 3.07. The second-order valence-electron chi connectivity index (χ2n) is 3.23. The average molecular weight is 408 g/mol. The number of benzene rings is 1. The van der Waals surface area contributed by atoms with E-state index in [1.807, 2.05) is 0 Å². The van der Waals surface area contributed by atoms with Gasteiger partial charge in [-0.05, 0) is 31.2 Å². The van der Waals surface area contributed by atoms with Crippen LogP contribution in [0, 0.1) is 0 Å². The van der Waals surface area contributed by atoms with Crippen molar-refractivity contribution in [3.05, 3.63) is 29.8 Å². The van der Waals surface area contributed by atoms with Gasteiger partial charge in [-0.1, -0.05) is 12.1 Å². The van der Waals surface area contributed by atoms with Crippen molar-refractivity contribution in [2.75, 3.05) is 14.2 Å². The predicted molar refractivity (Wildman–Crippen MR) is 111 cm³/mol. The highest BCUT2D eigenvalue weighted by atomic mass is 33.1. The van der Waals surface area contributed by atoms with Crippen LogP contribution in [0.3, 0.4) is 0 Å². The van der Waals surface area contributed by atoms with E-state index in [1.165, 1.54) is 7.11 Å². The number of methoxy groups -OCH3 is 1. The fourth-order valence-electron chi connectivity index (χ4n) is 1.31. The van der Waals surface area contributed by atoms with Crippen molar-refractivity contribution in [2.45, 2.75) is 12.5 Å². The maximum Gasteiger partial charge on any atom is 0.323 e. The van der Waals surface area contributed by atoms with Gasteiger partial charge in [-0.25, -0.2) is 0 Å². The molecule has 10 heteroatoms. The number of carbonyl (C=O) groups is 1. The molecule has 0 aliphatic heterocycles. The Morgan fingerprint density at radius 3 is 1.90 bits per heavy atom. The zero-order valence-corrected chi connectivity index (χ0v) is 16.9. The number of ether oxygens (including phenoxy) is 1. The van der Waals surface area contributed by atoms with Crippen LogP contribution in [-0.2, 0) is 16.0 Å². The quantitative estimate of drug-likeness (QED) is 0.225. The first-order valence-corrected chi connectivity index (χ1v) is 10.1. The van der Waals surface area contributed by atoms with Crippen LogP contribution >= 0.6 is 70.0 Å². The maximum absolute atomic E-state index is 11.3. The second-order valence-corrected chi connectivity index (χ2v) is 3.23. The van der Waals surface area contributed by atoms with Gasteiger partial charge in [0.05, 0.1) is 7.11 Å². The summed E-state index contributed by atoms with van der Waals surface area (Å²) in [5, 5.41) is 12.0. The molecule has 0 spiro atoms. The number of thiol groups is 6. The first kappa shape index (κ1) is 26.4. The van der Waals surface area contributed by atoms with E-state index in [-0.39, 0.29) is 17.8 Å². The van der Waals surface area contributed by atoms with E-state index in [1.54, 1.807) is 31.3 Å². The first-order chi connectivity index (χ1) is 10.2. The Morgan fingerprint density at radius 1 is 1.14 bits per heavy atom. The molecular weight excluding hydrogens is 387 g/mol. The normalized spacial score (nSPS) is 9.52.